The van der Waals surface area contributed by atoms with E-state index in [0.717, 1.165) is 34.7 Å². The number of benzene rings is 1. The number of urea groups is 1. The Hall–Kier alpha value is -2.84. The van der Waals surface area contributed by atoms with Crippen molar-refractivity contribution in [3.8, 4) is 10.6 Å². The molecular formula is C19H19N5O2S. The maximum atomic E-state index is 12.5. The average molecular weight is 381 g/mol. The maximum absolute atomic E-state index is 12.5. The molecule has 1 fully saturated rings. The van der Waals surface area contributed by atoms with Gasteiger partial charge in [0.05, 0.1) is 6.04 Å². The summed E-state index contributed by atoms with van der Waals surface area (Å²) >= 11 is 1.48. The number of aromatic nitrogens is 3. The van der Waals surface area contributed by atoms with E-state index in [1.54, 1.807) is 17.9 Å². The zero-order valence-electron chi connectivity index (χ0n) is 14.5. The first-order valence-corrected chi connectivity index (χ1v) is 9.63. The predicted octanol–water partition coefficient (Wildman–Crippen LogP) is 3.64. The van der Waals surface area contributed by atoms with Gasteiger partial charge in [-0.15, -0.1) is 10.2 Å². The molecule has 27 heavy (non-hydrogen) atoms. The number of ether oxygens (including phenoxy) is 1. The molecule has 3 heterocycles. The molecule has 1 saturated heterocycles. The molecular weight excluding hydrogens is 362 g/mol. The molecule has 0 bridgehead atoms. The predicted molar refractivity (Wildman–Crippen MR) is 103 cm³/mol. The highest BCUT2D eigenvalue weighted by molar-refractivity contribution is 7.12. The molecule has 7 nitrogen and oxygen atoms in total. The van der Waals surface area contributed by atoms with Gasteiger partial charge >= 0.3 is 6.03 Å². The van der Waals surface area contributed by atoms with Crippen LogP contribution in [0, 0.1) is 0 Å². The minimum absolute atomic E-state index is 0.0817. The van der Waals surface area contributed by atoms with Crippen molar-refractivity contribution in [3.05, 3.63) is 59.9 Å². The quantitative estimate of drug-likeness (QED) is 0.720. The molecule has 4 rings (SSSR count). The summed E-state index contributed by atoms with van der Waals surface area (Å²) < 4.78 is 5.90. The van der Waals surface area contributed by atoms with Crippen LogP contribution >= 0.6 is 11.3 Å². The van der Waals surface area contributed by atoms with Crippen molar-refractivity contribution in [3.63, 3.8) is 0 Å². The number of carbonyl (C=O) groups is 1. The van der Waals surface area contributed by atoms with E-state index in [4.69, 9.17) is 4.74 Å². The number of amides is 2. The van der Waals surface area contributed by atoms with Gasteiger partial charge in [-0.1, -0.05) is 11.3 Å². The monoisotopic (exact) mass is 381 g/mol. The molecule has 0 spiro atoms. The van der Waals surface area contributed by atoms with Gasteiger partial charge in [-0.2, -0.15) is 0 Å². The van der Waals surface area contributed by atoms with Gasteiger partial charge in [-0.05, 0) is 54.8 Å². The van der Waals surface area contributed by atoms with Crippen LogP contribution in [0.4, 0.5) is 10.5 Å². The van der Waals surface area contributed by atoms with Crippen molar-refractivity contribution < 1.29 is 9.53 Å². The normalized spacial score (nSPS) is 19.4. The van der Waals surface area contributed by atoms with E-state index >= 15 is 0 Å². The van der Waals surface area contributed by atoms with Crippen LogP contribution in [0.2, 0.25) is 0 Å². The van der Waals surface area contributed by atoms with Crippen molar-refractivity contribution in [1.29, 1.82) is 0 Å². The molecule has 0 unspecified atom stereocenters. The molecule has 8 heteroatoms. The average Bonchev–Trinajstić information content (AvgIpc) is 3.24. The van der Waals surface area contributed by atoms with Crippen molar-refractivity contribution in [1.82, 2.24) is 20.5 Å². The number of hydrogen-bond donors (Lipinski definition) is 2. The molecule has 1 aliphatic heterocycles. The Kier molecular flexibility index (Phi) is 5.36. The third kappa shape index (κ3) is 4.29. The first-order valence-electron chi connectivity index (χ1n) is 8.75. The van der Waals surface area contributed by atoms with Crippen molar-refractivity contribution in [2.45, 2.75) is 25.0 Å². The lowest BCUT2D eigenvalue weighted by molar-refractivity contribution is -0.00701. The number of hydrogen-bond acceptors (Lipinski definition) is 6. The zero-order valence-corrected chi connectivity index (χ0v) is 15.4. The Morgan fingerprint density at radius 1 is 1.15 bits per heavy atom. The van der Waals surface area contributed by atoms with Gasteiger partial charge in [-0.3, -0.25) is 4.98 Å². The van der Waals surface area contributed by atoms with E-state index in [9.17, 15) is 4.79 Å². The Balaban J connectivity index is 1.39. The number of carbonyl (C=O) groups excluding carboxylic acids is 1. The van der Waals surface area contributed by atoms with Gasteiger partial charge in [0.1, 0.15) is 16.6 Å². The van der Waals surface area contributed by atoms with Crippen molar-refractivity contribution in [2.24, 2.45) is 0 Å². The molecule has 0 aliphatic carbocycles. The lowest BCUT2D eigenvalue weighted by atomic mass is 9.97. The van der Waals surface area contributed by atoms with Crippen LogP contribution in [0.15, 0.2) is 54.3 Å². The second-order valence-corrected chi connectivity index (χ2v) is 7.07. The number of nitrogens with zero attached hydrogens (tertiary/aromatic N) is 3. The summed E-state index contributed by atoms with van der Waals surface area (Å²) in [5.41, 5.74) is 4.41. The van der Waals surface area contributed by atoms with Gasteiger partial charge in [0.2, 0.25) is 0 Å². The van der Waals surface area contributed by atoms with E-state index in [2.05, 4.69) is 25.8 Å². The van der Waals surface area contributed by atoms with Crippen LogP contribution in [0.1, 0.15) is 24.5 Å². The van der Waals surface area contributed by atoms with Gasteiger partial charge < -0.3 is 15.4 Å². The van der Waals surface area contributed by atoms with Gasteiger partial charge in [0, 0.05) is 30.3 Å². The SMILES string of the molecule is O=C(Nc1ccc(-c2nncs2)cc1)N[C@H]1CCCO[C@@H]1c1ccncc1. The highest BCUT2D eigenvalue weighted by Crippen LogP contribution is 2.28. The summed E-state index contributed by atoms with van der Waals surface area (Å²) in [5, 5.41) is 14.7. The molecule has 138 valence electrons. The Morgan fingerprint density at radius 3 is 2.70 bits per heavy atom. The molecule has 2 atom stereocenters. The van der Waals surface area contributed by atoms with Crippen LogP contribution in [0.25, 0.3) is 10.6 Å². The lowest BCUT2D eigenvalue weighted by Crippen LogP contribution is -2.44. The Labute approximate surface area is 160 Å². The van der Waals surface area contributed by atoms with Crippen LogP contribution in [-0.4, -0.2) is 33.9 Å². The van der Waals surface area contributed by atoms with E-state index in [1.807, 2.05) is 36.4 Å². The van der Waals surface area contributed by atoms with Crippen LogP contribution < -0.4 is 10.6 Å². The standard InChI is InChI=1S/C19H19N5O2S/c25-19(22-15-5-3-14(4-6-15)18-24-21-12-27-18)23-16-2-1-11-26-17(16)13-7-9-20-10-8-13/h3-10,12,16-17H,1-2,11H2,(H2,22,23,25)/t16-,17+/m0/s1. The van der Waals surface area contributed by atoms with E-state index in [-0.39, 0.29) is 18.2 Å². The molecule has 3 aromatic rings. The molecule has 0 radical (unpaired) electrons. The fourth-order valence-electron chi connectivity index (χ4n) is 3.14. The third-order valence-electron chi connectivity index (χ3n) is 4.42. The molecule has 1 aliphatic rings. The van der Waals surface area contributed by atoms with E-state index in [0.29, 0.717) is 6.61 Å². The summed E-state index contributed by atoms with van der Waals surface area (Å²) in [6, 6.07) is 11.1. The summed E-state index contributed by atoms with van der Waals surface area (Å²) in [4.78, 5) is 16.5. The fraction of sp³-hybridized carbons (Fsp3) is 0.263. The molecule has 2 aromatic heterocycles. The summed E-state index contributed by atoms with van der Waals surface area (Å²) in [6.45, 7) is 0.694. The summed E-state index contributed by atoms with van der Waals surface area (Å²) in [5.74, 6) is 0. The van der Waals surface area contributed by atoms with Crippen LogP contribution in [-0.2, 0) is 4.74 Å². The van der Waals surface area contributed by atoms with Gasteiger partial charge in [-0.25, -0.2) is 4.79 Å². The van der Waals surface area contributed by atoms with Crippen LogP contribution in [0.5, 0.6) is 0 Å². The van der Waals surface area contributed by atoms with Gasteiger partial charge in [0.15, 0.2) is 0 Å². The number of rotatable bonds is 4. The first-order chi connectivity index (χ1) is 13.3. The van der Waals surface area contributed by atoms with E-state index in [1.165, 1.54) is 11.3 Å². The van der Waals surface area contributed by atoms with E-state index < -0.39 is 0 Å². The minimum Gasteiger partial charge on any atom is -0.371 e. The number of anilines is 1. The second kappa shape index (κ2) is 8.24. The number of pyridine rings is 1. The zero-order chi connectivity index (χ0) is 18.5. The maximum Gasteiger partial charge on any atom is 0.319 e. The Bertz CT molecular complexity index is 871. The lowest BCUT2D eigenvalue weighted by Gasteiger charge is -2.32. The fourth-order valence-corrected chi connectivity index (χ4v) is 3.70. The number of nitrogens with one attached hydrogen (secondary N) is 2. The highest BCUT2D eigenvalue weighted by Gasteiger charge is 2.28. The van der Waals surface area contributed by atoms with Crippen molar-refractivity contribution >= 4 is 23.1 Å². The smallest absolute Gasteiger partial charge is 0.319 e. The van der Waals surface area contributed by atoms with Crippen LogP contribution in [0.3, 0.4) is 0 Å². The minimum atomic E-state index is -0.242. The largest absolute Gasteiger partial charge is 0.371 e. The molecule has 2 N–H and O–H groups in total. The molecule has 1 aromatic carbocycles. The van der Waals surface area contributed by atoms with Crippen molar-refractivity contribution in [2.75, 3.05) is 11.9 Å². The summed E-state index contributed by atoms with van der Waals surface area (Å²) in [7, 11) is 0. The topological polar surface area (TPSA) is 89.0 Å². The second-order valence-electron chi connectivity index (χ2n) is 6.24. The van der Waals surface area contributed by atoms with Gasteiger partial charge in [0.25, 0.3) is 0 Å². The molecule has 0 saturated carbocycles. The Morgan fingerprint density at radius 2 is 1.96 bits per heavy atom. The summed E-state index contributed by atoms with van der Waals surface area (Å²) in [6.07, 6.45) is 5.11. The first kappa shape index (κ1) is 17.6. The third-order valence-corrected chi connectivity index (χ3v) is 5.16. The highest BCUT2D eigenvalue weighted by atomic mass is 32.1. The molecule has 2 amide bonds.